The third kappa shape index (κ3) is 61.2. The molecular formula is C69H131NO5. The Morgan fingerprint density at radius 2 is 0.667 bits per heavy atom. The quantitative estimate of drug-likeness (QED) is 0.0320. The van der Waals surface area contributed by atoms with Crippen molar-refractivity contribution in [1.82, 2.24) is 5.32 Å². The van der Waals surface area contributed by atoms with Gasteiger partial charge in [-0.05, 0) is 64.2 Å². The molecule has 0 saturated heterocycles. The molecule has 0 aromatic rings. The first-order valence-corrected chi connectivity index (χ1v) is 33.8. The van der Waals surface area contributed by atoms with Crippen molar-refractivity contribution in [3.05, 3.63) is 36.5 Å². The highest BCUT2D eigenvalue weighted by Crippen LogP contribution is 2.18. The Kier molecular flexibility index (Phi) is 63.0. The fourth-order valence-electron chi connectivity index (χ4n) is 10.5. The van der Waals surface area contributed by atoms with E-state index in [4.69, 9.17) is 4.74 Å². The van der Waals surface area contributed by atoms with E-state index in [2.05, 4.69) is 43.5 Å². The van der Waals surface area contributed by atoms with Crippen molar-refractivity contribution >= 4 is 11.9 Å². The molecule has 0 aliphatic carbocycles. The van der Waals surface area contributed by atoms with E-state index < -0.39 is 12.1 Å². The second-order valence-electron chi connectivity index (χ2n) is 23.2. The number of nitrogens with one attached hydrogen (secondary N) is 1. The number of rotatable bonds is 63. The third-order valence-corrected chi connectivity index (χ3v) is 15.7. The van der Waals surface area contributed by atoms with Crippen molar-refractivity contribution in [2.75, 3.05) is 13.2 Å². The standard InChI is InChI=1S/C69H131NO5/c1-3-5-7-9-11-13-15-16-36-40-43-47-51-55-59-63-69(74)75-64-60-56-52-48-44-41-38-35-33-31-29-27-25-23-21-19-17-18-20-22-24-26-28-30-32-34-37-39-42-46-50-54-58-62-68(73)70-66(65-71)67(72)61-57-53-49-45-14-12-10-8-6-4-2/h11,13,16,36,57,61,66-67,71-72H,3-10,12,14-15,17-35,37-56,58-60,62-65H2,1-2H3,(H,70,73)/b13-11-,36-16-,61-57+. The van der Waals surface area contributed by atoms with Crippen molar-refractivity contribution in [3.8, 4) is 0 Å². The van der Waals surface area contributed by atoms with Crippen LogP contribution < -0.4 is 5.32 Å². The highest BCUT2D eigenvalue weighted by Gasteiger charge is 2.18. The Balaban J connectivity index is 3.30. The lowest BCUT2D eigenvalue weighted by Crippen LogP contribution is -2.45. The lowest BCUT2D eigenvalue weighted by Gasteiger charge is -2.20. The minimum absolute atomic E-state index is 0.00742. The Morgan fingerprint density at radius 3 is 1.04 bits per heavy atom. The predicted molar refractivity (Wildman–Crippen MR) is 329 cm³/mol. The topological polar surface area (TPSA) is 95.9 Å². The van der Waals surface area contributed by atoms with E-state index in [1.54, 1.807) is 6.08 Å². The smallest absolute Gasteiger partial charge is 0.305 e. The van der Waals surface area contributed by atoms with Gasteiger partial charge < -0.3 is 20.3 Å². The van der Waals surface area contributed by atoms with Crippen molar-refractivity contribution in [2.45, 2.75) is 379 Å². The van der Waals surface area contributed by atoms with E-state index in [1.807, 2.05) is 6.08 Å². The maximum Gasteiger partial charge on any atom is 0.305 e. The van der Waals surface area contributed by atoms with Crippen LogP contribution >= 0.6 is 0 Å². The van der Waals surface area contributed by atoms with Crippen LogP contribution in [0.25, 0.3) is 0 Å². The molecule has 0 spiro atoms. The van der Waals surface area contributed by atoms with Gasteiger partial charge in [0.25, 0.3) is 0 Å². The van der Waals surface area contributed by atoms with Gasteiger partial charge >= 0.3 is 5.97 Å². The fourth-order valence-corrected chi connectivity index (χ4v) is 10.5. The SMILES string of the molecule is CCCCC/C=C\C/C=C\CCCCCCCC(=O)OCCCCCCCCCCCCCCCCCCCCCCCCCCCCCCCCCCCC(=O)NC(CO)C(O)/C=C/CCCCCCCCCC. The monoisotopic (exact) mass is 1050 g/mol. The second-order valence-corrected chi connectivity index (χ2v) is 23.2. The molecule has 0 saturated carbocycles. The summed E-state index contributed by atoms with van der Waals surface area (Å²) in [5.41, 5.74) is 0. The first-order valence-electron chi connectivity index (χ1n) is 33.8. The van der Waals surface area contributed by atoms with Crippen molar-refractivity contribution in [1.29, 1.82) is 0 Å². The summed E-state index contributed by atoms with van der Waals surface area (Å²) in [5.74, 6) is -0.0566. The minimum Gasteiger partial charge on any atom is -0.466 e. The molecule has 0 aromatic carbocycles. The normalized spacial score (nSPS) is 12.7. The van der Waals surface area contributed by atoms with Gasteiger partial charge in [0.2, 0.25) is 5.91 Å². The molecule has 3 N–H and O–H groups in total. The molecular weight excluding hydrogens is 923 g/mol. The second kappa shape index (κ2) is 64.6. The van der Waals surface area contributed by atoms with Crippen LogP contribution in [0.15, 0.2) is 36.5 Å². The van der Waals surface area contributed by atoms with E-state index in [0.29, 0.717) is 19.4 Å². The van der Waals surface area contributed by atoms with Crippen LogP contribution in [0.3, 0.4) is 0 Å². The maximum atomic E-state index is 12.4. The molecule has 0 aliphatic heterocycles. The zero-order chi connectivity index (χ0) is 54.3. The Morgan fingerprint density at radius 1 is 0.373 bits per heavy atom. The number of allylic oxidation sites excluding steroid dienone is 5. The minimum atomic E-state index is -0.839. The average molecular weight is 1050 g/mol. The molecule has 0 rings (SSSR count). The van der Waals surface area contributed by atoms with E-state index in [0.717, 1.165) is 51.4 Å². The first-order chi connectivity index (χ1) is 37.0. The van der Waals surface area contributed by atoms with Crippen molar-refractivity contribution in [2.24, 2.45) is 0 Å². The summed E-state index contributed by atoms with van der Waals surface area (Å²) in [4.78, 5) is 24.5. The number of carbonyl (C=O) groups excluding carboxylic acids is 2. The van der Waals surface area contributed by atoms with Crippen molar-refractivity contribution < 1.29 is 24.5 Å². The van der Waals surface area contributed by atoms with E-state index in [-0.39, 0.29) is 18.5 Å². The van der Waals surface area contributed by atoms with Crippen LogP contribution in [0.1, 0.15) is 367 Å². The number of aliphatic hydroxyl groups excluding tert-OH is 2. The molecule has 75 heavy (non-hydrogen) atoms. The summed E-state index contributed by atoms with van der Waals surface area (Å²) in [7, 11) is 0. The van der Waals surface area contributed by atoms with E-state index >= 15 is 0 Å². The highest BCUT2D eigenvalue weighted by atomic mass is 16.5. The van der Waals surface area contributed by atoms with Gasteiger partial charge in [-0.25, -0.2) is 0 Å². The van der Waals surface area contributed by atoms with Crippen molar-refractivity contribution in [3.63, 3.8) is 0 Å². The number of unbranched alkanes of at least 4 members (excludes halogenated alkanes) is 48. The fraction of sp³-hybridized carbons (Fsp3) is 0.884. The zero-order valence-electron chi connectivity index (χ0n) is 50.5. The number of hydrogen-bond donors (Lipinski definition) is 3. The maximum absolute atomic E-state index is 12.4. The molecule has 1 amide bonds. The molecule has 0 aromatic heterocycles. The van der Waals surface area contributed by atoms with Gasteiger partial charge in [-0.2, -0.15) is 0 Å². The first kappa shape index (κ1) is 73.1. The molecule has 0 bridgehead atoms. The summed E-state index contributed by atoms with van der Waals surface area (Å²) >= 11 is 0. The van der Waals surface area contributed by atoms with Gasteiger partial charge in [0, 0.05) is 12.8 Å². The summed E-state index contributed by atoms with van der Waals surface area (Å²) < 4.78 is 5.49. The number of hydrogen-bond acceptors (Lipinski definition) is 5. The third-order valence-electron chi connectivity index (χ3n) is 15.7. The number of aliphatic hydroxyl groups is 2. The van der Waals surface area contributed by atoms with Crippen LogP contribution in [-0.2, 0) is 14.3 Å². The average Bonchev–Trinajstić information content (AvgIpc) is 3.41. The van der Waals surface area contributed by atoms with Crippen LogP contribution in [0.4, 0.5) is 0 Å². The van der Waals surface area contributed by atoms with Crippen LogP contribution in [0.2, 0.25) is 0 Å². The Labute approximate surface area is 468 Å². The molecule has 0 radical (unpaired) electrons. The van der Waals surface area contributed by atoms with Gasteiger partial charge in [0.05, 0.1) is 25.4 Å². The molecule has 0 fully saturated rings. The van der Waals surface area contributed by atoms with Gasteiger partial charge in [0.15, 0.2) is 0 Å². The summed E-state index contributed by atoms with van der Waals surface area (Å²) in [5, 5.41) is 23.0. The number of esters is 1. The summed E-state index contributed by atoms with van der Waals surface area (Å²) in [6.07, 6.45) is 82.3. The predicted octanol–water partition coefficient (Wildman–Crippen LogP) is 21.5. The van der Waals surface area contributed by atoms with Crippen LogP contribution in [-0.4, -0.2) is 47.4 Å². The summed E-state index contributed by atoms with van der Waals surface area (Å²) in [6.45, 7) is 4.87. The van der Waals surface area contributed by atoms with Gasteiger partial charge in [-0.3, -0.25) is 9.59 Å². The summed E-state index contributed by atoms with van der Waals surface area (Å²) in [6, 6.07) is -0.622. The largest absolute Gasteiger partial charge is 0.466 e. The Bertz CT molecular complexity index is 1210. The molecule has 6 nitrogen and oxygen atoms in total. The molecule has 0 aliphatic rings. The van der Waals surface area contributed by atoms with Crippen LogP contribution in [0.5, 0.6) is 0 Å². The zero-order valence-corrected chi connectivity index (χ0v) is 50.5. The highest BCUT2D eigenvalue weighted by molar-refractivity contribution is 5.76. The Hall–Kier alpha value is -1.92. The van der Waals surface area contributed by atoms with E-state index in [9.17, 15) is 19.8 Å². The van der Waals surface area contributed by atoms with E-state index in [1.165, 1.54) is 289 Å². The molecule has 2 unspecified atom stereocenters. The molecule has 2 atom stereocenters. The molecule has 6 heteroatoms. The number of carbonyl (C=O) groups is 2. The number of amides is 1. The van der Waals surface area contributed by atoms with Crippen LogP contribution in [0, 0.1) is 0 Å². The lowest BCUT2D eigenvalue weighted by molar-refractivity contribution is -0.143. The number of ether oxygens (including phenoxy) is 1. The molecule has 442 valence electrons. The van der Waals surface area contributed by atoms with Gasteiger partial charge in [0.1, 0.15) is 0 Å². The van der Waals surface area contributed by atoms with Gasteiger partial charge in [-0.1, -0.05) is 326 Å². The van der Waals surface area contributed by atoms with Gasteiger partial charge in [-0.15, -0.1) is 0 Å². The lowest BCUT2D eigenvalue weighted by atomic mass is 10.0. The molecule has 0 heterocycles.